The molecule has 0 bridgehead atoms. The van der Waals surface area contributed by atoms with Crippen molar-refractivity contribution in [2.24, 2.45) is 0 Å². The van der Waals surface area contributed by atoms with Gasteiger partial charge in [-0.15, -0.1) is 0 Å². The molecule has 1 aromatic carbocycles. The number of aromatic hydroxyl groups is 1. The highest BCUT2D eigenvalue weighted by molar-refractivity contribution is 5.94. The van der Waals surface area contributed by atoms with Gasteiger partial charge in [0.15, 0.2) is 0 Å². The topological polar surface area (TPSA) is 77.7 Å². The van der Waals surface area contributed by atoms with Crippen LogP contribution in [0.1, 0.15) is 45.2 Å². The van der Waals surface area contributed by atoms with Crippen LogP contribution in [0.4, 0.5) is 11.8 Å². The van der Waals surface area contributed by atoms with E-state index < -0.39 is 0 Å². The molecule has 180 valence electrons. The van der Waals surface area contributed by atoms with Crippen molar-refractivity contribution in [3.05, 3.63) is 42.1 Å². The molecule has 1 unspecified atom stereocenters. The van der Waals surface area contributed by atoms with Crippen molar-refractivity contribution < 1.29 is 9.90 Å². The molecule has 2 saturated heterocycles. The molecule has 1 atom stereocenters. The Kier molecular flexibility index (Phi) is 6.06. The highest BCUT2D eigenvalue weighted by Gasteiger charge is 2.31. The summed E-state index contributed by atoms with van der Waals surface area (Å²) in [5.41, 5.74) is 1.93. The van der Waals surface area contributed by atoms with Crippen LogP contribution in [0.5, 0.6) is 5.88 Å². The zero-order chi connectivity index (χ0) is 23.8. The van der Waals surface area contributed by atoms with Crippen molar-refractivity contribution >= 4 is 28.6 Å². The van der Waals surface area contributed by atoms with Crippen LogP contribution in [0.25, 0.3) is 10.9 Å². The van der Waals surface area contributed by atoms with Gasteiger partial charge < -0.3 is 24.4 Å². The third kappa shape index (κ3) is 4.17. The second kappa shape index (κ2) is 9.16. The van der Waals surface area contributed by atoms with Crippen LogP contribution in [0.15, 0.2) is 36.5 Å². The van der Waals surface area contributed by atoms with E-state index in [0.717, 1.165) is 37.0 Å². The Bertz CT molecular complexity index is 1170. The summed E-state index contributed by atoms with van der Waals surface area (Å²) in [5, 5.41) is 11.9. The average molecular weight is 463 g/mol. The van der Waals surface area contributed by atoms with Gasteiger partial charge in [0.05, 0.1) is 5.39 Å². The van der Waals surface area contributed by atoms with Crippen LogP contribution in [0, 0.1) is 0 Å². The minimum absolute atomic E-state index is 0.101. The maximum absolute atomic E-state index is 11.8. The van der Waals surface area contributed by atoms with Gasteiger partial charge in [-0.3, -0.25) is 4.79 Å². The minimum atomic E-state index is 0.101. The maximum Gasteiger partial charge on any atom is 0.228 e. The van der Waals surface area contributed by atoms with Crippen molar-refractivity contribution in [3.63, 3.8) is 0 Å². The van der Waals surface area contributed by atoms with Crippen LogP contribution in [-0.2, 0) is 11.2 Å². The third-order valence-corrected chi connectivity index (χ3v) is 7.17. The van der Waals surface area contributed by atoms with E-state index in [0.29, 0.717) is 43.7 Å². The van der Waals surface area contributed by atoms with E-state index in [9.17, 15) is 9.90 Å². The first-order valence-corrected chi connectivity index (χ1v) is 12.3. The second-order valence-electron chi connectivity index (χ2n) is 9.74. The number of rotatable bonds is 5. The summed E-state index contributed by atoms with van der Waals surface area (Å²) in [4.78, 5) is 28.1. The SMILES string of the molecule is CC(=O)N1CCN(c2nc(N3CCCC3Cc3ccccc3)c3cn(C(C)C)c(O)c3n2)CC1. The highest BCUT2D eigenvalue weighted by Crippen LogP contribution is 2.38. The van der Waals surface area contributed by atoms with Crippen molar-refractivity contribution in [2.45, 2.75) is 52.1 Å². The molecule has 34 heavy (non-hydrogen) atoms. The Morgan fingerprint density at radius 3 is 2.50 bits per heavy atom. The molecule has 2 aliphatic heterocycles. The standard InChI is InChI=1S/C26H34N6O2/c1-18(2)32-17-22-23(25(32)34)27-26(30-14-12-29(13-15-30)19(3)33)28-24(22)31-11-7-10-21(31)16-20-8-5-4-6-9-20/h4-6,8-9,17-18,21,34H,7,10-16H2,1-3H3. The number of piperazine rings is 1. The molecular formula is C26H34N6O2. The number of aromatic nitrogens is 3. The number of anilines is 2. The molecule has 1 amide bonds. The van der Waals surface area contributed by atoms with Gasteiger partial charge in [0.2, 0.25) is 17.7 Å². The predicted octanol–water partition coefficient (Wildman–Crippen LogP) is 3.60. The van der Waals surface area contributed by atoms with Gasteiger partial charge in [-0.2, -0.15) is 4.98 Å². The molecule has 8 heteroatoms. The lowest BCUT2D eigenvalue weighted by Gasteiger charge is -2.35. The minimum Gasteiger partial charge on any atom is -0.493 e. The number of hydrogen-bond acceptors (Lipinski definition) is 6. The molecule has 8 nitrogen and oxygen atoms in total. The highest BCUT2D eigenvalue weighted by atomic mass is 16.3. The summed E-state index contributed by atoms with van der Waals surface area (Å²) in [7, 11) is 0. The third-order valence-electron chi connectivity index (χ3n) is 7.17. The lowest BCUT2D eigenvalue weighted by molar-refractivity contribution is -0.129. The number of fused-ring (bicyclic) bond motifs is 1. The first-order chi connectivity index (χ1) is 16.4. The van der Waals surface area contributed by atoms with Gasteiger partial charge >= 0.3 is 0 Å². The van der Waals surface area contributed by atoms with E-state index in [-0.39, 0.29) is 17.8 Å². The molecule has 1 N–H and O–H groups in total. The average Bonchev–Trinajstić information content (AvgIpc) is 3.43. The molecule has 3 aromatic rings. The normalized spacial score (nSPS) is 18.9. The smallest absolute Gasteiger partial charge is 0.228 e. The fourth-order valence-corrected chi connectivity index (χ4v) is 5.25. The van der Waals surface area contributed by atoms with Gasteiger partial charge in [-0.05, 0) is 38.7 Å². The lowest BCUT2D eigenvalue weighted by Crippen LogP contribution is -2.48. The summed E-state index contributed by atoms with van der Waals surface area (Å²) < 4.78 is 1.88. The van der Waals surface area contributed by atoms with E-state index >= 15 is 0 Å². The van der Waals surface area contributed by atoms with Crippen molar-refractivity contribution in [1.29, 1.82) is 0 Å². The molecule has 2 aromatic heterocycles. The number of carbonyl (C=O) groups is 1. The van der Waals surface area contributed by atoms with Gasteiger partial charge in [-0.25, -0.2) is 4.98 Å². The molecule has 0 saturated carbocycles. The van der Waals surface area contributed by atoms with Crippen LogP contribution >= 0.6 is 0 Å². The zero-order valence-corrected chi connectivity index (χ0v) is 20.3. The molecule has 5 rings (SSSR count). The van der Waals surface area contributed by atoms with Gasteiger partial charge in [0.25, 0.3) is 0 Å². The second-order valence-corrected chi connectivity index (χ2v) is 9.74. The fourth-order valence-electron chi connectivity index (χ4n) is 5.25. The van der Waals surface area contributed by atoms with Crippen LogP contribution in [-0.4, -0.2) is 69.2 Å². The molecule has 0 spiro atoms. The Balaban J connectivity index is 1.54. The van der Waals surface area contributed by atoms with Crippen molar-refractivity contribution in [1.82, 2.24) is 19.4 Å². The predicted molar refractivity (Wildman–Crippen MR) is 135 cm³/mol. The van der Waals surface area contributed by atoms with E-state index in [2.05, 4.69) is 54.0 Å². The Labute approximate surface area is 200 Å². The Morgan fingerprint density at radius 1 is 1.09 bits per heavy atom. The number of benzene rings is 1. The van der Waals surface area contributed by atoms with Crippen molar-refractivity contribution in [2.75, 3.05) is 42.5 Å². The fraction of sp³-hybridized carbons (Fsp3) is 0.500. The Morgan fingerprint density at radius 2 is 1.82 bits per heavy atom. The summed E-state index contributed by atoms with van der Waals surface area (Å²) in [6.45, 7) is 9.35. The summed E-state index contributed by atoms with van der Waals surface area (Å²) >= 11 is 0. The summed E-state index contributed by atoms with van der Waals surface area (Å²) in [6.07, 6.45) is 5.20. The molecule has 4 heterocycles. The molecule has 2 fully saturated rings. The maximum atomic E-state index is 11.8. The first-order valence-electron chi connectivity index (χ1n) is 12.3. The molecule has 0 aliphatic carbocycles. The molecule has 0 radical (unpaired) electrons. The van der Waals surface area contributed by atoms with Crippen molar-refractivity contribution in [3.8, 4) is 5.88 Å². The van der Waals surface area contributed by atoms with E-state index in [1.54, 1.807) is 6.92 Å². The van der Waals surface area contributed by atoms with Crippen LogP contribution in [0.2, 0.25) is 0 Å². The monoisotopic (exact) mass is 462 g/mol. The van der Waals surface area contributed by atoms with E-state index in [1.807, 2.05) is 15.7 Å². The largest absolute Gasteiger partial charge is 0.493 e. The first kappa shape index (κ1) is 22.5. The van der Waals surface area contributed by atoms with E-state index in [1.165, 1.54) is 5.56 Å². The van der Waals surface area contributed by atoms with Crippen LogP contribution in [0.3, 0.4) is 0 Å². The number of nitrogens with zero attached hydrogens (tertiary/aromatic N) is 6. The van der Waals surface area contributed by atoms with E-state index in [4.69, 9.17) is 9.97 Å². The number of carbonyl (C=O) groups excluding carboxylic acids is 1. The summed E-state index contributed by atoms with van der Waals surface area (Å²) in [5.74, 6) is 1.83. The quantitative estimate of drug-likeness (QED) is 0.624. The summed E-state index contributed by atoms with van der Waals surface area (Å²) in [6, 6.07) is 11.1. The van der Waals surface area contributed by atoms with Gasteiger partial charge in [0.1, 0.15) is 11.3 Å². The molecular weight excluding hydrogens is 428 g/mol. The van der Waals surface area contributed by atoms with Gasteiger partial charge in [-0.1, -0.05) is 30.3 Å². The lowest BCUT2D eigenvalue weighted by atomic mass is 10.0. The number of amides is 1. The Hall–Kier alpha value is -3.29. The van der Waals surface area contributed by atoms with Crippen LogP contribution < -0.4 is 9.80 Å². The van der Waals surface area contributed by atoms with Gasteiger partial charge in [0, 0.05) is 57.9 Å². The molecule has 2 aliphatic rings. The zero-order valence-electron chi connectivity index (χ0n) is 20.3. The number of hydrogen-bond donors (Lipinski definition) is 1.